The summed E-state index contributed by atoms with van der Waals surface area (Å²) in [5.41, 5.74) is 1.82. The smallest absolute Gasteiger partial charge is 0.410 e. The van der Waals surface area contributed by atoms with Crippen molar-refractivity contribution in [3.05, 3.63) is 58.8 Å². The second-order valence-electron chi connectivity index (χ2n) is 9.89. The number of aryl methyl sites for hydroxylation is 1. The molecule has 1 aliphatic rings. The van der Waals surface area contributed by atoms with E-state index in [1.807, 2.05) is 6.07 Å². The van der Waals surface area contributed by atoms with Crippen LogP contribution in [0.15, 0.2) is 36.4 Å². The Bertz CT molecular complexity index is 1270. The van der Waals surface area contributed by atoms with Crippen LogP contribution in [-0.2, 0) is 31.2 Å². The van der Waals surface area contributed by atoms with E-state index in [1.54, 1.807) is 49.9 Å². The van der Waals surface area contributed by atoms with E-state index in [0.717, 1.165) is 11.1 Å². The van der Waals surface area contributed by atoms with Crippen molar-refractivity contribution in [3.63, 3.8) is 0 Å². The Morgan fingerprint density at radius 2 is 1.77 bits per heavy atom. The van der Waals surface area contributed by atoms with E-state index in [2.05, 4.69) is 0 Å². The van der Waals surface area contributed by atoms with Gasteiger partial charge in [0.15, 0.2) is 0 Å². The lowest BCUT2D eigenvalue weighted by atomic mass is 9.92. The lowest BCUT2D eigenvalue weighted by Gasteiger charge is -2.31. The number of rotatable bonds is 3. The lowest BCUT2D eigenvalue weighted by Crippen LogP contribution is -2.39. The molecule has 9 heteroatoms. The average molecular weight is 495 g/mol. The number of nitrogens with zero attached hydrogens (tertiary/aromatic N) is 2. The Morgan fingerprint density at radius 1 is 1.06 bits per heavy atom. The van der Waals surface area contributed by atoms with E-state index in [4.69, 9.17) is 4.74 Å². The zero-order valence-corrected chi connectivity index (χ0v) is 20.0. The normalized spacial score (nSPS) is 14.5. The molecular weight excluding hydrogens is 467 g/mol. The minimum Gasteiger partial charge on any atom is -0.444 e. The van der Waals surface area contributed by atoms with Crippen LogP contribution in [-0.4, -0.2) is 33.9 Å². The number of hydrogen-bond acceptors (Lipinski definition) is 2. The third kappa shape index (κ3) is 5.28. The van der Waals surface area contributed by atoms with Crippen molar-refractivity contribution < 1.29 is 31.5 Å². The zero-order chi connectivity index (χ0) is 25.7. The number of halogens is 5. The molecule has 0 unspecified atom stereocenters. The van der Waals surface area contributed by atoms with Gasteiger partial charge in [0.2, 0.25) is 0 Å². The fraction of sp³-hybridized carbons (Fsp3) is 0.423. The number of alkyl halides is 5. The Labute approximate surface area is 200 Å². The van der Waals surface area contributed by atoms with Gasteiger partial charge in [0.25, 0.3) is 6.43 Å². The molecule has 0 saturated heterocycles. The highest BCUT2D eigenvalue weighted by Gasteiger charge is 2.31. The predicted octanol–water partition coefficient (Wildman–Crippen LogP) is 7.18. The number of fused-ring (bicyclic) bond motifs is 2. The van der Waals surface area contributed by atoms with Crippen LogP contribution in [0.5, 0.6) is 0 Å². The summed E-state index contributed by atoms with van der Waals surface area (Å²) in [6.07, 6.45) is -8.38. The number of hydrogen-bond donors (Lipinski definition) is 0. The highest BCUT2D eigenvalue weighted by molar-refractivity contribution is 5.91. The highest BCUT2D eigenvalue weighted by Crippen LogP contribution is 2.39. The SMILES string of the molecule is Cn1c(CC(F)(F)F)cc2ccc(-c3ccc4c(c3)CCN(C(=O)OC(C)(C)C)C4)c(C(F)F)c21. The van der Waals surface area contributed by atoms with Gasteiger partial charge < -0.3 is 14.2 Å². The molecule has 3 aromatic rings. The molecule has 4 nitrogen and oxygen atoms in total. The highest BCUT2D eigenvalue weighted by atomic mass is 19.4. The van der Waals surface area contributed by atoms with E-state index in [-0.39, 0.29) is 22.3 Å². The van der Waals surface area contributed by atoms with Crippen LogP contribution in [0.4, 0.5) is 26.7 Å². The van der Waals surface area contributed by atoms with Crippen molar-refractivity contribution in [2.75, 3.05) is 6.54 Å². The van der Waals surface area contributed by atoms with Crippen molar-refractivity contribution in [1.82, 2.24) is 9.47 Å². The van der Waals surface area contributed by atoms with Gasteiger partial charge in [-0.15, -0.1) is 0 Å². The van der Waals surface area contributed by atoms with Crippen LogP contribution in [0.25, 0.3) is 22.0 Å². The van der Waals surface area contributed by atoms with Gasteiger partial charge in [-0.3, -0.25) is 0 Å². The molecule has 1 aliphatic heterocycles. The molecule has 0 bridgehead atoms. The molecule has 0 radical (unpaired) electrons. The maximum Gasteiger partial charge on any atom is 0.410 e. The quantitative estimate of drug-likeness (QED) is 0.362. The summed E-state index contributed by atoms with van der Waals surface area (Å²) in [5, 5.41) is 0.344. The molecule has 0 saturated carbocycles. The molecule has 0 atom stereocenters. The van der Waals surface area contributed by atoms with Crippen molar-refractivity contribution >= 4 is 17.0 Å². The number of carbonyl (C=O) groups excluding carboxylic acids is 1. The summed E-state index contributed by atoms with van der Waals surface area (Å²) in [5.74, 6) is 0. The molecule has 0 aliphatic carbocycles. The molecule has 1 aromatic heterocycles. The maximum absolute atomic E-state index is 14.3. The molecule has 2 aromatic carbocycles. The van der Waals surface area contributed by atoms with Gasteiger partial charge in [-0.05, 0) is 55.5 Å². The van der Waals surface area contributed by atoms with Crippen molar-refractivity contribution in [2.45, 2.75) is 58.4 Å². The van der Waals surface area contributed by atoms with Crippen LogP contribution in [0.3, 0.4) is 0 Å². The molecule has 188 valence electrons. The summed E-state index contributed by atoms with van der Waals surface area (Å²) in [6, 6.07) is 9.79. The topological polar surface area (TPSA) is 34.5 Å². The van der Waals surface area contributed by atoms with Crippen LogP contribution >= 0.6 is 0 Å². The monoisotopic (exact) mass is 494 g/mol. The molecular formula is C26H27F5N2O2. The van der Waals surface area contributed by atoms with Gasteiger partial charge in [-0.2, -0.15) is 13.2 Å². The Kier molecular flexibility index (Phi) is 6.32. The predicted molar refractivity (Wildman–Crippen MR) is 123 cm³/mol. The Morgan fingerprint density at radius 3 is 2.40 bits per heavy atom. The first kappa shape index (κ1) is 25.0. The maximum atomic E-state index is 14.3. The third-order valence-electron chi connectivity index (χ3n) is 6.12. The average Bonchev–Trinajstić information content (AvgIpc) is 3.04. The van der Waals surface area contributed by atoms with Gasteiger partial charge in [-0.25, -0.2) is 13.6 Å². The number of ether oxygens (including phenoxy) is 1. The van der Waals surface area contributed by atoms with Crippen LogP contribution in [0.2, 0.25) is 0 Å². The largest absolute Gasteiger partial charge is 0.444 e. The lowest BCUT2D eigenvalue weighted by molar-refractivity contribution is -0.128. The molecule has 2 heterocycles. The molecule has 0 fully saturated rings. The minimum absolute atomic E-state index is 0.0702. The van der Waals surface area contributed by atoms with Gasteiger partial charge in [0, 0.05) is 36.8 Å². The van der Waals surface area contributed by atoms with E-state index >= 15 is 0 Å². The zero-order valence-electron chi connectivity index (χ0n) is 20.0. The third-order valence-corrected chi connectivity index (χ3v) is 6.12. The molecule has 35 heavy (non-hydrogen) atoms. The van der Waals surface area contributed by atoms with Gasteiger partial charge in [0.1, 0.15) is 5.60 Å². The van der Waals surface area contributed by atoms with Gasteiger partial charge in [-0.1, -0.05) is 30.3 Å². The van der Waals surface area contributed by atoms with E-state index < -0.39 is 30.7 Å². The van der Waals surface area contributed by atoms with Crippen molar-refractivity contribution in [2.24, 2.45) is 7.05 Å². The Hall–Kier alpha value is -3.10. The summed E-state index contributed by atoms with van der Waals surface area (Å²) < 4.78 is 74.2. The van der Waals surface area contributed by atoms with E-state index in [9.17, 15) is 26.7 Å². The number of carbonyl (C=O) groups is 1. The fourth-order valence-corrected chi connectivity index (χ4v) is 4.59. The van der Waals surface area contributed by atoms with Crippen LogP contribution < -0.4 is 0 Å². The first-order valence-electron chi connectivity index (χ1n) is 11.3. The number of amides is 1. The second-order valence-corrected chi connectivity index (χ2v) is 9.89. The van der Waals surface area contributed by atoms with Crippen molar-refractivity contribution in [3.8, 4) is 11.1 Å². The number of aromatic nitrogens is 1. The van der Waals surface area contributed by atoms with Gasteiger partial charge in [0.05, 0.1) is 11.9 Å². The fourth-order valence-electron chi connectivity index (χ4n) is 4.59. The first-order chi connectivity index (χ1) is 16.2. The molecule has 0 spiro atoms. The summed E-state index contributed by atoms with van der Waals surface area (Å²) in [7, 11) is 1.39. The van der Waals surface area contributed by atoms with Crippen LogP contribution in [0, 0.1) is 0 Å². The Balaban J connectivity index is 1.71. The van der Waals surface area contributed by atoms with E-state index in [1.165, 1.54) is 17.7 Å². The van der Waals surface area contributed by atoms with E-state index in [0.29, 0.717) is 30.5 Å². The summed E-state index contributed by atoms with van der Waals surface area (Å²) >= 11 is 0. The number of benzene rings is 2. The van der Waals surface area contributed by atoms with Crippen LogP contribution in [0.1, 0.15) is 49.6 Å². The standard InChI is InChI=1S/C26H27F5N2O2/c1-25(2,3)35-24(34)33-10-9-15-11-16(5-6-18(15)14-33)20-8-7-17-12-19(13-26(29,30)31)32(4)22(17)21(20)23(27)28/h5-8,11-12,23H,9-10,13-14H2,1-4H3. The molecule has 1 amide bonds. The minimum atomic E-state index is -4.44. The summed E-state index contributed by atoms with van der Waals surface area (Å²) in [4.78, 5) is 14.0. The second kappa shape index (κ2) is 8.84. The first-order valence-corrected chi connectivity index (χ1v) is 11.3. The summed E-state index contributed by atoms with van der Waals surface area (Å²) in [6.45, 7) is 6.18. The molecule has 4 rings (SSSR count). The van der Waals surface area contributed by atoms with Gasteiger partial charge >= 0.3 is 12.3 Å². The van der Waals surface area contributed by atoms with Crippen molar-refractivity contribution in [1.29, 1.82) is 0 Å². The molecule has 0 N–H and O–H groups in total.